The van der Waals surface area contributed by atoms with E-state index in [0.29, 0.717) is 49.9 Å². The molecule has 50 heavy (non-hydrogen) atoms. The predicted molar refractivity (Wildman–Crippen MR) is 190 cm³/mol. The van der Waals surface area contributed by atoms with E-state index in [9.17, 15) is 19.5 Å². The Morgan fingerprint density at radius 1 is 0.860 bits per heavy atom. The van der Waals surface area contributed by atoms with Crippen LogP contribution in [0.3, 0.4) is 0 Å². The Balaban J connectivity index is 1.06. The van der Waals surface area contributed by atoms with Crippen LogP contribution in [-0.4, -0.2) is 59.1 Å². The maximum atomic E-state index is 14.0. The monoisotopic (exact) mass is 680 g/mol. The van der Waals surface area contributed by atoms with Crippen molar-refractivity contribution in [3.8, 4) is 0 Å². The number of benzene rings is 3. The Labute approximate surface area is 293 Å². The fourth-order valence-electron chi connectivity index (χ4n) is 7.20. The summed E-state index contributed by atoms with van der Waals surface area (Å²) in [4.78, 5) is 46.2. The first-order valence-corrected chi connectivity index (χ1v) is 18.0. The Kier molecular flexibility index (Phi) is 11.8. The minimum atomic E-state index is -1.54. The van der Waals surface area contributed by atoms with Gasteiger partial charge in [-0.2, -0.15) is 0 Å². The summed E-state index contributed by atoms with van der Waals surface area (Å²) < 4.78 is 11.5. The van der Waals surface area contributed by atoms with E-state index in [1.807, 2.05) is 84.9 Å². The Hall–Kier alpha value is -4.70. The van der Waals surface area contributed by atoms with Gasteiger partial charge < -0.3 is 29.8 Å². The number of rotatable bonds is 13. The molecule has 6 rings (SSSR count). The molecule has 3 amide bonds. The van der Waals surface area contributed by atoms with Gasteiger partial charge in [0.05, 0.1) is 12.5 Å². The van der Waals surface area contributed by atoms with Crippen molar-refractivity contribution in [2.45, 2.75) is 70.0 Å². The highest BCUT2D eigenvalue weighted by Crippen LogP contribution is 2.32. The summed E-state index contributed by atoms with van der Waals surface area (Å²) in [5, 5.41) is 18.2. The average Bonchev–Trinajstić information content (AvgIpc) is 3.62. The number of likely N-dealkylation sites (tertiary alicyclic amines) is 1. The van der Waals surface area contributed by atoms with E-state index >= 15 is 0 Å². The smallest absolute Gasteiger partial charge is 0.410 e. The third-order valence-electron chi connectivity index (χ3n) is 10.3. The number of nitrogens with one attached hydrogen (secondary N) is 2. The first-order valence-electron chi connectivity index (χ1n) is 18.0. The standard InChI is InChI=1S/C40H48N4O6/c45-36(32-21-24-44(25-22-32)39(47)49-27-30-14-6-2-7-15-30)41-26-33(31-16-8-3-9-17-31)37(46)42-28-40(48,23-20-29-12-4-1-5-13-29)38-43-34-18-10-11-19-35(34)50-38/h1-2,4-7,10-15,18-19,31-33,48H,3,8-9,16-17,20-28H2,(H,41,45)(H,42,46). The number of nitrogens with zero attached hydrogens (tertiary/aromatic N) is 2. The Bertz CT molecular complexity index is 1670. The van der Waals surface area contributed by atoms with Crippen LogP contribution < -0.4 is 10.6 Å². The zero-order valence-electron chi connectivity index (χ0n) is 28.6. The number of piperidine rings is 1. The van der Waals surface area contributed by atoms with Gasteiger partial charge in [0.15, 0.2) is 11.2 Å². The normalized spacial score (nSPS) is 17.5. The third-order valence-corrected chi connectivity index (χ3v) is 10.3. The predicted octanol–water partition coefficient (Wildman–Crippen LogP) is 6.13. The number of oxazole rings is 1. The zero-order valence-corrected chi connectivity index (χ0v) is 28.6. The summed E-state index contributed by atoms with van der Waals surface area (Å²) in [6.45, 7) is 1.25. The van der Waals surface area contributed by atoms with Gasteiger partial charge in [-0.25, -0.2) is 9.78 Å². The number of aromatic nitrogens is 1. The molecule has 2 atom stereocenters. The third kappa shape index (κ3) is 9.09. The van der Waals surface area contributed by atoms with E-state index in [1.165, 1.54) is 0 Å². The largest absolute Gasteiger partial charge is 0.445 e. The van der Waals surface area contributed by atoms with Crippen molar-refractivity contribution in [2.75, 3.05) is 26.2 Å². The van der Waals surface area contributed by atoms with Gasteiger partial charge in [-0.1, -0.05) is 92.1 Å². The highest BCUT2D eigenvalue weighted by Gasteiger charge is 2.38. The van der Waals surface area contributed by atoms with Crippen LogP contribution in [0.4, 0.5) is 4.79 Å². The highest BCUT2D eigenvalue weighted by molar-refractivity contribution is 5.82. The second-order valence-corrected chi connectivity index (χ2v) is 13.8. The van der Waals surface area contributed by atoms with E-state index in [2.05, 4.69) is 15.6 Å². The van der Waals surface area contributed by atoms with Gasteiger partial charge in [0, 0.05) is 25.6 Å². The van der Waals surface area contributed by atoms with E-state index < -0.39 is 11.5 Å². The number of fused-ring (bicyclic) bond motifs is 1. The van der Waals surface area contributed by atoms with Gasteiger partial charge in [0.25, 0.3) is 0 Å². The number of ether oxygens (including phenoxy) is 1. The molecule has 10 nitrogen and oxygen atoms in total. The molecule has 2 unspecified atom stereocenters. The summed E-state index contributed by atoms with van der Waals surface area (Å²) in [5.41, 5.74) is 1.66. The van der Waals surface area contributed by atoms with E-state index in [4.69, 9.17) is 9.15 Å². The summed E-state index contributed by atoms with van der Waals surface area (Å²) in [5.74, 6) is -0.663. The Morgan fingerprint density at radius 2 is 1.52 bits per heavy atom. The van der Waals surface area contributed by atoms with Crippen LogP contribution in [0.25, 0.3) is 11.1 Å². The molecule has 2 heterocycles. The lowest BCUT2D eigenvalue weighted by atomic mass is 9.79. The second-order valence-electron chi connectivity index (χ2n) is 13.8. The lowest BCUT2D eigenvalue weighted by molar-refractivity contribution is -0.130. The molecule has 2 fully saturated rings. The number of amides is 3. The van der Waals surface area contributed by atoms with Crippen LogP contribution in [0, 0.1) is 17.8 Å². The number of carbonyl (C=O) groups excluding carboxylic acids is 3. The maximum Gasteiger partial charge on any atom is 0.410 e. The van der Waals surface area contributed by atoms with Gasteiger partial charge in [0.2, 0.25) is 17.7 Å². The van der Waals surface area contributed by atoms with Gasteiger partial charge in [-0.15, -0.1) is 0 Å². The molecule has 4 aromatic rings. The Morgan fingerprint density at radius 3 is 2.22 bits per heavy atom. The van der Waals surface area contributed by atoms with Crippen molar-refractivity contribution < 1.29 is 28.6 Å². The minimum Gasteiger partial charge on any atom is -0.445 e. The fourth-order valence-corrected chi connectivity index (χ4v) is 7.20. The molecule has 0 radical (unpaired) electrons. The van der Waals surface area contributed by atoms with Crippen molar-refractivity contribution in [1.29, 1.82) is 0 Å². The molecule has 0 spiro atoms. The van der Waals surface area contributed by atoms with Crippen LogP contribution in [0.5, 0.6) is 0 Å². The van der Waals surface area contributed by atoms with Gasteiger partial charge in [-0.05, 0) is 67.7 Å². The van der Waals surface area contributed by atoms with Crippen LogP contribution in [0.1, 0.15) is 68.4 Å². The molecule has 1 saturated heterocycles. The average molecular weight is 681 g/mol. The molecule has 264 valence electrons. The number of hydrogen-bond donors (Lipinski definition) is 3. The first-order chi connectivity index (χ1) is 24.4. The van der Waals surface area contributed by atoms with Crippen molar-refractivity contribution in [1.82, 2.24) is 20.5 Å². The number of carbonyl (C=O) groups is 3. The highest BCUT2D eigenvalue weighted by atomic mass is 16.6. The first kappa shape index (κ1) is 35.1. The SMILES string of the molecule is O=C(NCC(C(=O)NCC(O)(CCc1ccccc1)c1nc2ccccc2o1)C1CCCCC1)C1CCN(C(=O)OCc2ccccc2)CC1. The van der Waals surface area contributed by atoms with Crippen molar-refractivity contribution in [3.63, 3.8) is 0 Å². The van der Waals surface area contributed by atoms with Gasteiger partial charge in [0.1, 0.15) is 12.1 Å². The van der Waals surface area contributed by atoms with E-state index in [-0.39, 0.29) is 55.3 Å². The van der Waals surface area contributed by atoms with Crippen molar-refractivity contribution in [2.24, 2.45) is 17.8 Å². The topological polar surface area (TPSA) is 134 Å². The molecule has 1 aliphatic heterocycles. The van der Waals surface area contributed by atoms with Gasteiger partial charge in [-0.3, -0.25) is 9.59 Å². The second kappa shape index (κ2) is 16.8. The van der Waals surface area contributed by atoms with E-state index in [0.717, 1.165) is 43.2 Å². The van der Waals surface area contributed by atoms with Crippen LogP contribution in [0.2, 0.25) is 0 Å². The van der Waals surface area contributed by atoms with E-state index in [1.54, 1.807) is 4.90 Å². The minimum absolute atomic E-state index is 0.0680. The van der Waals surface area contributed by atoms with Crippen LogP contribution in [-0.2, 0) is 33.0 Å². The fraction of sp³-hybridized carbons (Fsp3) is 0.450. The number of hydrogen-bond acceptors (Lipinski definition) is 7. The molecule has 3 N–H and O–H groups in total. The molecular weight excluding hydrogens is 632 g/mol. The van der Waals surface area contributed by atoms with Crippen LogP contribution >= 0.6 is 0 Å². The summed E-state index contributed by atoms with van der Waals surface area (Å²) in [7, 11) is 0. The maximum absolute atomic E-state index is 14.0. The summed E-state index contributed by atoms with van der Waals surface area (Å²) in [6.07, 6.45) is 6.63. The summed E-state index contributed by atoms with van der Waals surface area (Å²) in [6, 6.07) is 26.8. The summed E-state index contributed by atoms with van der Waals surface area (Å²) >= 11 is 0. The zero-order chi connectivity index (χ0) is 34.8. The molecule has 0 bridgehead atoms. The molecule has 2 aliphatic rings. The number of para-hydroxylation sites is 2. The molecule has 10 heteroatoms. The lowest BCUT2D eigenvalue weighted by Gasteiger charge is -2.33. The molecular formula is C40H48N4O6. The number of aryl methyl sites for hydroxylation is 1. The molecule has 3 aromatic carbocycles. The lowest BCUT2D eigenvalue weighted by Crippen LogP contribution is -2.49. The molecule has 1 aromatic heterocycles. The molecule has 1 saturated carbocycles. The van der Waals surface area contributed by atoms with Crippen molar-refractivity contribution >= 4 is 29.0 Å². The number of aliphatic hydroxyl groups is 1. The van der Waals surface area contributed by atoms with Gasteiger partial charge >= 0.3 is 6.09 Å². The quantitative estimate of drug-likeness (QED) is 0.155. The van der Waals surface area contributed by atoms with Crippen molar-refractivity contribution in [3.05, 3.63) is 102 Å². The molecule has 1 aliphatic carbocycles. The van der Waals surface area contributed by atoms with Crippen LogP contribution in [0.15, 0.2) is 89.3 Å².